The van der Waals surface area contributed by atoms with E-state index in [-0.39, 0.29) is 36.2 Å². The Morgan fingerprint density at radius 3 is 2.50 bits per heavy atom. The Hall–Kier alpha value is -4.48. The minimum Gasteiger partial charge on any atom is -0.360 e. The number of Topliss-reactive ketones (excluding diaryl/α,β-unsaturated/α-hetero) is 1. The molecule has 2 aromatic carbocycles. The quantitative estimate of drug-likeness (QED) is 0.340. The van der Waals surface area contributed by atoms with Crippen molar-refractivity contribution in [3.8, 4) is 0 Å². The van der Waals surface area contributed by atoms with Gasteiger partial charge in [0.25, 0.3) is 11.8 Å². The van der Waals surface area contributed by atoms with Gasteiger partial charge >= 0.3 is 6.18 Å². The van der Waals surface area contributed by atoms with E-state index < -0.39 is 47.2 Å². The molecule has 0 aromatic heterocycles. The maximum atomic E-state index is 13.0. The molecule has 1 atom stereocenters. The fourth-order valence-electron chi connectivity index (χ4n) is 4.46. The second kappa shape index (κ2) is 8.33. The van der Waals surface area contributed by atoms with Crippen molar-refractivity contribution < 1.29 is 37.1 Å². The van der Waals surface area contributed by atoms with Crippen molar-refractivity contribution >= 4 is 40.8 Å². The van der Waals surface area contributed by atoms with Gasteiger partial charge in [-0.2, -0.15) is 13.2 Å². The number of hydrogen-bond acceptors (Lipinski definition) is 6. The number of fused-ring (bicyclic) bond motifs is 2. The van der Waals surface area contributed by atoms with Gasteiger partial charge in [0.2, 0.25) is 17.6 Å². The third-order valence-electron chi connectivity index (χ3n) is 6.28. The molecule has 5 rings (SSSR count). The second-order valence-electron chi connectivity index (χ2n) is 8.48. The first kappa shape index (κ1) is 23.3. The number of carbonyl (C=O) groups is 5. The fraction of sp³-hybridized carbons (Fsp3) is 0.208. The summed E-state index contributed by atoms with van der Waals surface area (Å²) in [5.41, 5.74) is -0.384. The van der Waals surface area contributed by atoms with Crippen LogP contribution in [-0.4, -0.2) is 40.4 Å². The van der Waals surface area contributed by atoms with E-state index in [2.05, 4.69) is 16.0 Å². The summed E-state index contributed by atoms with van der Waals surface area (Å²) >= 11 is 0. The molecule has 9 nitrogen and oxygen atoms in total. The molecule has 3 aliphatic rings. The smallest absolute Gasteiger partial charge is 0.360 e. The van der Waals surface area contributed by atoms with E-state index in [0.717, 1.165) is 18.3 Å². The Balaban J connectivity index is 1.39. The first-order valence-corrected chi connectivity index (χ1v) is 10.8. The van der Waals surface area contributed by atoms with Crippen LogP contribution in [0.5, 0.6) is 0 Å². The van der Waals surface area contributed by atoms with E-state index in [1.165, 1.54) is 4.90 Å². The molecule has 0 saturated carbocycles. The topological polar surface area (TPSA) is 125 Å². The normalized spacial score (nSPS) is 20.8. The lowest BCUT2D eigenvalue weighted by atomic mass is 9.96. The van der Waals surface area contributed by atoms with Gasteiger partial charge in [-0.3, -0.25) is 29.3 Å². The largest absolute Gasteiger partial charge is 0.416 e. The summed E-state index contributed by atoms with van der Waals surface area (Å²) in [5, 5.41) is 7.38. The van der Waals surface area contributed by atoms with Gasteiger partial charge in [-0.05, 0) is 36.8 Å². The predicted molar refractivity (Wildman–Crippen MR) is 119 cm³/mol. The highest BCUT2D eigenvalue weighted by Crippen LogP contribution is 2.35. The van der Waals surface area contributed by atoms with Gasteiger partial charge in [-0.15, -0.1) is 0 Å². The van der Waals surface area contributed by atoms with Crippen molar-refractivity contribution in [1.82, 2.24) is 10.2 Å². The van der Waals surface area contributed by atoms with Gasteiger partial charge in [0.05, 0.1) is 11.3 Å². The molecule has 184 valence electrons. The fourth-order valence-corrected chi connectivity index (χ4v) is 4.46. The zero-order valence-corrected chi connectivity index (χ0v) is 18.4. The van der Waals surface area contributed by atoms with Gasteiger partial charge in [0.1, 0.15) is 11.6 Å². The monoisotopic (exact) mass is 498 g/mol. The van der Waals surface area contributed by atoms with E-state index in [9.17, 15) is 37.1 Å². The van der Waals surface area contributed by atoms with Crippen molar-refractivity contribution in [1.29, 1.82) is 0 Å². The van der Waals surface area contributed by atoms with Gasteiger partial charge in [-0.25, -0.2) is 0 Å². The van der Waals surface area contributed by atoms with Gasteiger partial charge in [0, 0.05) is 41.5 Å². The molecule has 36 heavy (non-hydrogen) atoms. The summed E-state index contributed by atoms with van der Waals surface area (Å²) in [6.07, 6.45) is -3.20. The highest BCUT2D eigenvalue weighted by atomic mass is 19.4. The SMILES string of the molecule is O=C1CCC(N2Cc3c(N/C=C4\C(=O)Nc5cc(C(F)(F)F)ccc5C4=O)cccc3C2=O)C(=O)N1. The molecule has 4 amide bonds. The first-order valence-electron chi connectivity index (χ1n) is 10.8. The number of anilines is 2. The second-order valence-corrected chi connectivity index (χ2v) is 8.48. The van der Waals surface area contributed by atoms with Gasteiger partial charge in [-0.1, -0.05) is 6.07 Å². The average Bonchev–Trinajstić information content (AvgIpc) is 3.15. The van der Waals surface area contributed by atoms with E-state index >= 15 is 0 Å². The van der Waals surface area contributed by atoms with Crippen LogP contribution in [0.15, 0.2) is 48.2 Å². The highest BCUT2D eigenvalue weighted by Gasteiger charge is 2.40. The Morgan fingerprint density at radius 1 is 1.00 bits per heavy atom. The van der Waals surface area contributed by atoms with Crippen LogP contribution in [0, 0.1) is 0 Å². The first-order chi connectivity index (χ1) is 17.0. The third-order valence-corrected chi connectivity index (χ3v) is 6.28. The van der Waals surface area contributed by atoms with Gasteiger partial charge in [0.15, 0.2) is 0 Å². The minimum atomic E-state index is -4.63. The Labute approximate surface area is 201 Å². The number of amides is 4. The zero-order chi connectivity index (χ0) is 25.8. The van der Waals surface area contributed by atoms with Crippen LogP contribution in [0.2, 0.25) is 0 Å². The molecule has 1 unspecified atom stereocenters. The molecule has 0 radical (unpaired) electrons. The Bertz CT molecular complexity index is 1400. The van der Waals surface area contributed by atoms with E-state index in [0.29, 0.717) is 22.9 Å². The van der Waals surface area contributed by atoms with Crippen molar-refractivity contribution in [2.24, 2.45) is 0 Å². The molecule has 0 aliphatic carbocycles. The molecule has 0 bridgehead atoms. The van der Waals surface area contributed by atoms with E-state index in [4.69, 9.17) is 0 Å². The molecule has 3 aliphatic heterocycles. The molecule has 1 saturated heterocycles. The third kappa shape index (κ3) is 3.89. The number of piperidine rings is 1. The van der Waals surface area contributed by atoms with Crippen molar-refractivity contribution in [2.75, 3.05) is 10.6 Å². The lowest BCUT2D eigenvalue weighted by Gasteiger charge is -2.29. The van der Waals surface area contributed by atoms with Crippen molar-refractivity contribution in [3.05, 3.63) is 70.4 Å². The molecule has 1 fully saturated rings. The Kier molecular flexibility index (Phi) is 5.38. The maximum Gasteiger partial charge on any atom is 0.416 e. The molecule has 3 heterocycles. The summed E-state index contributed by atoms with van der Waals surface area (Å²) in [7, 11) is 0. The lowest BCUT2D eigenvalue weighted by molar-refractivity contribution is -0.138. The van der Waals surface area contributed by atoms with Crippen molar-refractivity contribution in [2.45, 2.75) is 31.6 Å². The van der Waals surface area contributed by atoms with E-state index in [1.807, 2.05) is 0 Å². The number of alkyl halides is 3. The molecular formula is C24H17F3N4O5. The maximum absolute atomic E-state index is 13.0. The van der Waals surface area contributed by atoms with Crippen LogP contribution in [0.25, 0.3) is 0 Å². The zero-order valence-electron chi connectivity index (χ0n) is 18.4. The number of ketones is 1. The van der Waals surface area contributed by atoms with Crippen LogP contribution in [0.4, 0.5) is 24.5 Å². The minimum absolute atomic E-state index is 0.0655. The summed E-state index contributed by atoms with van der Waals surface area (Å²) in [4.78, 5) is 63.3. The summed E-state index contributed by atoms with van der Waals surface area (Å²) < 4.78 is 38.9. The van der Waals surface area contributed by atoms with Crippen LogP contribution in [0.1, 0.15) is 44.7 Å². The van der Waals surface area contributed by atoms with Crippen LogP contribution in [0.3, 0.4) is 0 Å². The number of hydrogen-bond donors (Lipinski definition) is 3. The standard InChI is InChI=1S/C24H17F3N4O5/c25-24(26,27)11-4-5-13-17(8-11)29-21(34)14(20(13)33)9-28-16-3-1-2-12-15(16)10-31(23(12)36)18-6-7-19(32)30-22(18)35/h1-5,8-9,18,28H,6-7,10H2,(H,29,34)(H,30,32,35)/b14-9-. The molecule has 3 N–H and O–H groups in total. The number of imide groups is 1. The number of benzene rings is 2. The molecular weight excluding hydrogens is 481 g/mol. The highest BCUT2D eigenvalue weighted by molar-refractivity contribution is 6.34. The van der Waals surface area contributed by atoms with Crippen LogP contribution >= 0.6 is 0 Å². The summed E-state index contributed by atoms with van der Waals surface area (Å²) in [6.45, 7) is 0.0655. The van der Waals surface area contributed by atoms with Crippen molar-refractivity contribution in [3.63, 3.8) is 0 Å². The molecule has 0 spiro atoms. The number of nitrogens with zero attached hydrogens (tertiary/aromatic N) is 1. The summed E-state index contributed by atoms with van der Waals surface area (Å²) in [6, 6.07) is 6.44. The van der Waals surface area contributed by atoms with Gasteiger partial charge < -0.3 is 15.5 Å². The number of halogens is 3. The van der Waals surface area contributed by atoms with Crippen LogP contribution in [-0.2, 0) is 27.1 Å². The van der Waals surface area contributed by atoms with E-state index in [1.54, 1.807) is 18.2 Å². The lowest BCUT2D eigenvalue weighted by Crippen LogP contribution is -2.52. The number of nitrogens with one attached hydrogen (secondary N) is 3. The predicted octanol–water partition coefficient (Wildman–Crippen LogP) is 2.60. The molecule has 12 heteroatoms. The summed E-state index contributed by atoms with van der Waals surface area (Å²) in [5.74, 6) is -2.99. The number of rotatable bonds is 3. The average molecular weight is 498 g/mol. The number of carbonyl (C=O) groups excluding carboxylic acids is 5. The molecule has 2 aromatic rings. The van der Waals surface area contributed by atoms with Crippen LogP contribution < -0.4 is 16.0 Å². The Morgan fingerprint density at radius 2 is 1.78 bits per heavy atom.